The first-order chi connectivity index (χ1) is 12.7. The van der Waals surface area contributed by atoms with E-state index in [-0.39, 0.29) is 30.2 Å². The first kappa shape index (κ1) is 19.6. The maximum Gasteiger partial charge on any atom is 0.320 e. The summed E-state index contributed by atoms with van der Waals surface area (Å²) in [6.45, 7) is 0. The molecule has 0 bridgehead atoms. The first-order valence-electron chi connectivity index (χ1n) is 8.48. The zero-order valence-electron chi connectivity index (χ0n) is 14.8. The Bertz CT molecular complexity index is 889. The van der Waals surface area contributed by atoms with Crippen molar-refractivity contribution in [3.63, 3.8) is 0 Å². The van der Waals surface area contributed by atoms with Crippen molar-refractivity contribution in [2.24, 2.45) is 5.73 Å². The van der Waals surface area contributed by atoms with Crippen LogP contribution in [0.2, 0.25) is 0 Å². The number of imidazole rings is 1. The molecule has 3 rings (SSSR count). The molecule has 11 nitrogen and oxygen atoms in total. The smallest absolute Gasteiger partial charge is 0.320 e. The van der Waals surface area contributed by atoms with Gasteiger partial charge >= 0.3 is 5.97 Å². The van der Waals surface area contributed by atoms with E-state index in [1.54, 1.807) is 10.8 Å². The van der Waals surface area contributed by atoms with Crippen LogP contribution in [0.5, 0.6) is 0 Å². The van der Waals surface area contributed by atoms with Crippen molar-refractivity contribution in [1.29, 1.82) is 0 Å². The Labute approximate surface area is 156 Å². The van der Waals surface area contributed by atoms with Crippen molar-refractivity contribution < 1.29 is 24.0 Å². The van der Waals surface area contributed by atoms with Crippen LogP contribution < -0.4 is 11.5 Å². The number of carbonyl (C=O) groups is 1. The van der Waals surface area contributed by atoms with Crippen LogP contribution in [0.3, 0.4) is 0 Å². The van der Waals surface area contributed by atoms with E-state index in [0.29, 0.717) is 11.2 Å². The predicted octanol–water partition coefficient (Wildman–Crippen LogP) is -1.49. The van der Waals surface area contributed by atoms with Crippen molar-refractivity contribution >= 4 is 32.9 Å². The zero-order valence-corrected chi connectivity index (χ0v) is 15.7. The highest BCUT2D eigenvalue weighted by Gasteiger charge is 2.37. The Morgan fingerprint density at radius 3 is 2.93 bits per heavy atom. The predicted molar refractivity (Wildman–Crippen MR) is 99.7 cm³/mol. The van der Waals surface area contributed by atoms with Gasteiger partial charge in [0.25, 0.3) is 0 Å². The molecular formula is C15H24N6O5S. The number of fused-ring (bicyclic) bond motifs is 1. The van der Waals surface area contributed by atoms with Gasteiger partial charge in [0.05, 0.1) is 18.5 Å². The lowest BCUT2D eigenvalue weighted by molar-refractivity contribution is -0.138. The van der Waals surface area contributed by atoms with Gasteiger partial charge in [-0.05, 0) is 12.7 Å². The Kier molecular flexibility index (Phi) is 5.42. The van der Waals surface area contributed by atoms with E-state index in [0.717, 1.165) is 0 Å². The molecule has 1 saturated heterocycles. The zero-order chi connectivity index (χ0) is 19.8. The summed E-state index contributed by atoms with van der Waals surface area (Å²) in [5.41, 5.74) is 12.2. The quantitative estimate of drug-likeness (QED) is 0.343. The highest BCUT2D eigenvalue weighted by molar-refractivity contribution is 8.02. The van der Waals surface area contributed by atoms with Crippen LogP contribution >= 0.6 is 0 Å². The standard InChI is InChI=1S/C15H24N6O5S/c1-27(25,3-2-8(16)15(23)24)5-10-9(22)4-11(26-10)21-7-20-12-13(17)18-6-19-14(12)21/h6-11,22,27H,2-5,16H2,1H3,(H,23,24)(H2,17,18,19)/t8-,9-,10+,11+/m0/s1. The number of carboxylic acid groups (broad SMARTS) is 1. The molecule has 3 heterocycles. The number of thiol groups is 1. The van der Waals surface area contributed by atoms with Gasteiger partial charge in [0.2, 0.25) is 0 Å². The third-order valence-electron chi connectivity index (χ3n) is 4.70. The summed E-state index contributed by atoms with van der Waals surface area (Å²) in [5.74, 6) is -0.557. The Balaban J connectivity index is 1.68. The topological polar surface area (TPSA) is 179 Å². The second kappa shape index (κ2) is 7.46. The normalized spacial score (nSPS) is 24.9. The number of aliphatic hydroxyl groups excluding tert-OH is 1. The van der Waals surface area contributed by atoms with Crippen LogP contribution in [0.25, 0.3) is 11.2 Å². The van der Waals surface area contributed by atoms with Gasteiger partial charge in [-0.1, -0.05) is 0 Å². The number of carboxylic acids is 1. The number of anilines is 1. The summed E-state index contributed by atoms with van der Waals surface area (Å²) in [6.07, 6.45) is 2.84. The number of aromatic nitrogens is 4. The van der Waals surface area contributed by atoms with E-state index in [1.165, 1.54) is 12.7 Å². The Morgan fingerprint density at radius 2 is 2.22 bits per heavy atom. The molecule has 0 aliphatic carbocycles. The third kappa shape index (κ3) is 4.24. The maximum absolute atomic E-state index is 12.8. The third-order valence-corrected chi connectivity index (χ3v) is 7.03. The number of nitrogens with zero attached hydrogens (tertiary/aromatic N) is 4. The largest absolute Gasteiger partial charge is 0.480 e. The summed E-state index contributed by atoms with van der Waals surface area (Å²) in [5, 5.41) is 19.2. The van der Waals surface area contributed by atoms with Crippen LogP contribution in [0, 0.1) is 0 Å². The molecule has 6 N–H and O–H groups in total. The molecule has 0 aromatic carbocycles. The molecule has 0 spiro atoms. The van der Waals surface area contributed by atoms with Crippen molar-refractivity contribution in [1.82, 2.24) is 19.5 Å². The highest BCUT2D eigenvalue weighted by Crippen LogP contribution is 2.32. The molecule has 2 aromatic rings. The van der Waals surface area contributed by atoms with Crippen molar-refractivity contribution in [2.45, 2.75) is 37.3 Å². The molecule has 2 aromatic heterocycles. The second-order valence-electron chi connectivity index (χ2n) is 6.95. The molecule has 4 atom stereocenters. The summed E-state index contributed by atoms with van der Waals surface area (Å²) < 4.78 is 20.4. The van der Waals surface area contributed by atoms with Gasteiger partial charge in [0.1, 0.15) is 24.1 Å². The Morgan fingerprint density at radius 1 is 1.48 bits per heavy atom. The number of nitrogens with two attached hydrogens (primary N) is 2. The van der Waals surface area contributed by atoms with Gasteiger partial charge in [-0.15, -0.1) is 9.93 Å². The van der Waals surface area contributed by atoms with Crippen LogP contribution in [-0.2, 0) is 19.5 Å². The van der Waals surface area contributed by atoms with E-state index < -0.39 is 40.4 Å². The molecule has 1 aliphatic heterocycles. The van der Waals surface area contributed by atoms with Crippen molar-refractivity contribution in [3.05, 3.63) is 12.7 Å². The molecule has 1 fully saturated rings. The number of hydrogen-bond acceptors (Lipinski definition) is 9. The van der Waals surface area contributed by atoms with Gasteiger partial charge in [-0.25, -0.2) is 15.0 Å². The highest BCUT2D eigenvalue weighted by atomic mass is 32.2. The lowest BCUT2D eigenvalue weighted by Gasteiger charge is -2.24. The van der Waals surface area contributed by atoms with E-state index in [1.807, 2.05) is 0 Å². The van der Waals surface area contributed by atoms with E-state index in [4.69, 9.17) is 21.3 Å². The minimum Gasteiger partial charge on any atom is -0.480 e. The molecule has 27 heavy (non-hydrogen) atoms. The van der Waals surface area contributed by atoms with Gasteiger partial charge < -0.3 is 26.4 Å². The molecule has 0 saturated carbocycles. The average molecular weight is 400 g/mol. The minimum atomic E-state index is -2.73. The number of ether oxygens (including phenoxy) is 1. The molecule has 1 aliphatic rings. The number of rotatable bonds is 7. The fourth-order valence-corrected chi connectivity index (χ4v) is 5.24. The maximum atomic E-state index is 12.8. The van der Waals surface area contributed by atoms with Gasteiger partial charge in [-0.3, -0.25) is 13.6 Å². The second-order valence-corrected chi connectivity index (χ2v) is 10.4. The van der Waals surface area contributed by atoms with E-state index in [9.17, 15) is 14.1 Å². The summed E-state index contributed by atoms with van der Waals surface area (Å²) in [4.78, 5) is 23.0. The lowest BCUT2D eigenvalue weighted by Crippen LogP contribution is -2.38. The SMILES string of the molecule is C[SH](=O)(CC[C@H](N)C(=O)O)C[C@H]1O[C@@H](n2cnc3c(N)ncnc32)C[C@@H]1O. The van der Waals surface area contributed by atoms with E-state index >= 15 is 0 Å². The number of nitrogen functional groups attached to an aromatic ring is 1. The van der Waals surface area contributed by atoms with Gasteiger partial charge in [-0.2, -0.15) is 0 Å². The van der Waals surface area contributed by atoms with Crippen LogP contribution in [0.4, 0.5) is 5.82 Å². The molecule has 150 valence electrons. The van der Waals surface area contributed by atoms with Gasteiger partial charge in [0, 0.05) is 17.9 Å². The Hall–Kier alpha value is -2.15. The van der Waals surface area contributed by atoms with Crippen LogP contribution in [0.1, 0.15) is 19.1 Å². The van der Waals surface area contributed by atoms with Crippen molar-refractivity contribution in [2.75, 3.05) is 23.5 Å². The molecule has 0 radical (unpaired) electrons. The summed E-state index contributed by atoms with van der Waals surface area (Å²) in [7, 11) is -2.73. The summed E-state index contributed by atoms with van der Waals surface area (Å²) in [6, 6.07) is -1.05. The number of hydrogen-bond donors (Lipinski definition) is 5. The molecule has 12 heteroatoms. The average Bonchev–Trinajstić information content (AvgIpc) is 3.17. The monoisotopic (exact) mass is 400 g/mol. The number of aliphatic carboxylic acids is 1. The lowest BCUT2D eigenvalue weighted by atomic mass is 10.2. The van der Waals surface area contributed by atoms with Gasteiger partial charge in [0.15, 0.2) is 11.5 Å². The fraction of sp³-hybridized carbons (Fsp3) is 0.600. The molecule has 0 amide bonds. The molecular weight excluding hydrogens is 376 g/mol. The first-order valence-corrected chi connectivity index (χ1v) is 11.0. The molecule has 0 unspecified atom stereocenters. The van der Waals surface area contributed by atoms with Crippen LogP contribution in [-0.4, -0.2) is 75.9 Å². The van der Waals surface area contributed by atoms with E-state index in [2.05, 4.69) is 15.0 Å². The minimum absolute atomic E-state index is 0.109. The number of aliphatic hydroxyl groups is 1. The summed E-state index contributed by atoms with van der Waals surface area (Å²) >= 11 is 0. The fourth-order valence-electron chi connectivity index (χ4n) is 3.14. The van der Waals surface area contributed by atoms with Crippen LogP contribution in [0.15, 0.2) is 12.7 Å². The van der Waals surface area contributed by atoms with Crippen molar-refractivity contribution in [3.8, 4) is 0 Å².